The Labute approximate surface area is 266 Å². The van der Waals surface area contributed by atoms with Crippen LogP contribution >= 0.6 is 0 Å². The number of ether oxygens (including phenoxy) is 4. The summed E-state index contributed by atoms with van der Waals surface area (Å²) in [6.45, 7) is 8.90. The zero-order valence-corrected chi connectivity index (χ0v) is 26.3. The Morgan fingerprint density at radius 1 is 0.822 bits per heavy atom. The fourth-order valence-electron chi connectivity index (χ4n) is 4.81. The van der Waals surface area contributed by atoms with Crippen LogP contribution in [0.3, 0.4) is 0 Å². The average Bonchev–Trinajstić information content (AvgIpc) is 3.08. The molecular formula is C37H46O8. The molecule has 0 aliphatic heterocycles. The molecule has 2 aromatic rings. The van der Waals surface area contributed by atoms with Crippen LogP contribution in [0.15, 0.2) is 85.0 Å². The van der Waals surface area contributed by atoms with Gasteiger partial charge in [-0.1, -0.05) is 94.3 Å². The highest BCUT2D eigenvalue weighted by Gasteiger charge is 2.14. The molecule has 8 heteroatoms. The summed E-state index contributed by atoms with van der Waals surface area (Å²) in [5.74, 6) is -0.563. The first-order valence-electron chi connectivity index (χ1n) is 15.6. The van der Waals surface area contributed by atoms with Crippen molar-refractivity contribution in [2.75, 3.05) is 39.6 Å². The second-order valence-corrected chi connectivity index (χ2v) is 10.9. The van der Waals surface area contributed by atoms with Gasteiger partial charge in [0.15, 0.2) is 0 Å². The topological polar surface area (TPSA) is 112 Å². The summed E-state index contributed by atoms with van der Waals surface area (Å²) >= 11 is 0. The van der Waals surface area contributed by atoms with Crippen molar-refractivity contribution in [1.29, 1.82) is 0 Å². The SMILES string of the molecule is C=C(CO)C(=O)OCCOc1ccc(-c2ccc(C3=CCC(OCCOC(=O)C(=C)CO)C=C3)cc2CCCCCCC)cc1. The van der Waals surface area contributed by atoms with Crippen LogP contribution in [0.25, 0.3) is 16.7 Å². The van der Waals surface area contributed by atoms with E-state index in [2.05, 4.69) is 50.4 Å². The third-order valence-corrected chi connectivity index (χ3v) is 7.41. The molecule has 3 rings (SSSR count). The lowest BCUT2D eigenvalue weighted by Crippen LogP contribution is -2.18. The van der Waals surface area contributed by atoms with Crippen molar-refractivity contribution in [3.05, 3.63) is 96.1 Å². The molecule has 2 N–H and O–H groups in total. The van der Waals surface area contributed by atoms with Gasteiger partial charge in [-0.25, -0.2) is 9.59 Å². The van der Waals surface area contributed by atoms with Gasteiger partial charge in [0.25, 0.3) is 0 Å². The molecular weight excluding hydrogens is 572 g/mol. The van der Waals surface area contributed by atoms with Crippen LogP contribution in [0.1, 0.15) is 56.6 Å². The highest BCUT2D eigenvalue weighted by Crippen LogP contribution is 2.32. The molecule has 45 heavy (non-hydrogen) atoms. The van der Waals surface area contributed by atoms with Crippen molar-refractivity contribution in [1.82, 2.24) is 0 Å². The Kier molecular flexibility index (Phi) is 15.3. The smallest absolute Gasteiger partial charge is 0.335 e. The molecule has 242 valence electrons. The van der Waals surface area contributed by atoms with Crippen LogP contribution in [-0.4, -0.2) is 67.9 Å². The Bertz CT molecular complexity index is 1340. The first-order valence-corrected chi connectivity index (χ1v) is 15.6. The summed E-state index contributed by atoms with van der Waals surface area (Å²) in [5.41, 5.74) is 5.94. The monoisotopic (exact) mass is 618 g/mol. The molecule has 0 fully saturated rings. The summed E-state index contributed by atoms with van der Waals surface area (Å²) in [4.78, 5) is 23.2. The molecule has 0 heterocycles. The highest BCUT2D eigenvalue weighted by molar-refractivity contribution is 5.88. The van der Waals surface area contributed by atoms with Crippen LogP contribution in [0.5, 0.6) is 5.75 Å². The van der Waals surface area contributed by atoms with E-state index in [4.69, 9.17) is 29.2 Å². The molecule has 8 nitrogen and oxygen atoms in total. The summed E-state index contributed by atoms with van der Waals surface area (Å²) < 4.78 is 21.6. The molecule has 1 aliphatic carbocycles. The van der Waals surface area contributed by atoms with E-state index in [-0.39, 0.29) is 43.7 Å². The van der Waals surface area contributed by atoms with E-state index in [9.17, 15) is 9.59 Å². The summed E-state index contributed by atoms with van der Waals surface area (Å²) in [5, 5.41) is 17.9. The first kappa shape index (κ1) is 35.5. The average molecular weight is 619 g/mol. The number of aliphatic hydroxyl groups is 2. The van der Waals surface area contributed by atoms with Crippen LogP contribution in [0, 0.1) is 0 Å². The molecule has 0 aromatic heterocycles. The van der Waals surface area contributed by atoms with Gasteiger partial charge in [0.05, 0.1) is 37.1 Å². The van der Waals surface area contributed by atoms with E-state index in [1.165, 1.54) is 36.8 Å². The molecule has 0 amide bonds. The van der Waals surface area contributed by atoms with Crippen LogP contribution in [0.2, 0.25) is 0 Å². The predicted molar refractivity (Wildman–Crippen MR) is 176 cm³/mol. The Morgan fingerprint density at radius 2 is 1.47 bits per heavy atom. The van der Waals surface area contributed by atoms with Gasteiger partial charge in [0.2, 0.25) is 0 Å². The fourth-order valence-corrected chi connectivity index (χ4v) is 4.81. The van der Waals surface area contributed by atoms with Crippen molar-refractivity contribution in [3.8, 4) is 16.9 Å². The molecule has 1 atom stereocenters. The zero-order valence-electron chi connectivity index (χ0n) is 26.3. The summed E-state index contributed by atoms with van der Waals surface area (Å²) in [7, 11) is 0. The minimum atomic E-state index is -0.628. The maximum atomic E-state index is 11.6. The van der Waals surface area contributed by atoms with Gasteiger partial charge in [-0.15, -0.1) is 0 Å². The maximum Gasteiger partial charge on any atom is 0.335 e. The largest absolute Gasteiger partial charge is 0.490 e. The molecule has 2 aromatic carbocycles. The number of unbranched alkanes of at least 4 members (excludes halogenated alkanes) is 4. The van der Waals surface area contributed by atoms with Crippen molar-refractivity contribution in [2.24, 2.45) is 0 Å². The van der Waals surface area contributed by atoms with Crippen LogP contribution in [-0.2, 0) is 30.2 Å². The molecule has 0 saturated carbocycles. The number of allylic oxidation sites excluding steroid dienone is 2. The lowest BCUT2D eigenvalue weighted by molar-refractivity contribution is -0.141. The number of rotatable bonds is 20. The number of aryl methyl sites for hydroxylation is 1. The number of carbonyl (C=O) groups excluding carboxylic acids is 2. The molecule has 0 saturated heterocycles. The van der Waals surface area contributed by atoms with E-state index in [1.807, 2.05) is 30.3 Å². The minimum absolute atomic E-state index is 0.0141. The minimum Gasteiger partial charge on any atom is -0.490 e. The van der Waals surface area contributed by atoms with Gasteiger partial charge in [-0.2, -0.15) is 0 Å². The van der Waals surface area contributed by atoms with Crippen LogP contribution in [0.4, 0.5) is 0 Å². The first-order chi connectivity index (χ1) is 21.9. The molecule has 0 radical (unpaired) electrons. The van der Waals surface area contributed by atoms with Gasteiger partial charge in [0, 0.05) is 0 Å². The van der Waals surface area contributed by atoms with Crippen molar-refractivity contribution in [2.45, 2.75) is 58.0 Å². The third kappa shape index (κ3) is 11.8. The van der Waals surface area contributed by atoms with E-state index in [1.54, 1.807) is 0 Å². The predicted octanol–water partition coefficient (Wildman–Crippen LogP) is 6.16. The van der Waals surface area contributed by atoms with E-state index >= 15 is 0 Å². The molecule has 1 aliphatic rings. The number of carbonyl (C=O) groups is 2. The van der Waals surface area contributed by atoms with Gasteiger partial charge in [-0.3, -0.25) is 0 Å². The maximum absolute atomic E-state index is 11.6. The summed E-state index contributed by atoms with van der Waals surface area (Å²) in [6, 6.07) is 14.6. The number of hydrogen-bond donors (Lipinski definition) is 2. The van der Waals surface area contributed by atoms with Crippen molar-refractivity contribution < 1.29 is 38.7 Å². The zero-order chi connectivity index (χ0) is 32.4. The normalized spacial score (nSPS) is 14.0. The van der Waals surface area contributed by atoms with Crippen molar-refractivity contribution >= 4 is 17.5 Å². The molecule has 1 unspecified atom stereocenters. The van der Waals surface area contributed by atoms with Gasteiger partial charge < -0.3 is 29.2 Å². The Balaban J connectivity index is 1.62. The number of hydrogen-bond acceptors (Lipinski definition) is 8. The summed E-state index contributed by atoms with van der Waals surface area (Å²) in [6.07, 6.45) is 13.9. The number of aliphatic hydroxyl groups excluding tert-OH is 2. The van der Waals surface area contributed by atoms with Crippen molar-refractivity contribution in [3.63, 3.8) is 0 Å². The Hall–Kier alpha value is -3.98. The lowest BCUT2D eigenvalue weighted by atomic mass is 9.90. The quantitative estimate of drug-likeness (QED) is 0.103. The van der Waals surface area contributed by atoms with E-state index in [0.29, 0.717) is 12.2 Å². The fraction of sp³-hybridized carbons (Fsp3) is 0.405. The second-order valence-electron chi connectivity index (χ2n) is 10.9. The standard InChI is InChI=1S/C37H46O8/c1-4-5-6-7-8-9-32-24-31(29-10-15-33(16-11-29)42-20-22-44-36(40)27(2)25-38)14-19-35(32)30-12-17-34(18-13-30)43-21-23-45-37(41)28(3)26-39/h10-15,17-19,24,33,38-39H,2-9,16,20-23,25-26H2,1H3. The third-order valence-electron chi connectivity index (χ3n) is 7.41. The van der Waals surface area contributed by atoms with Gasteiger partial charge in [0.1, 0.15) is 25.6 Å². The number of esters is 2. The van der Waals surface area contributed by atoms with E-state index < -0.39 is 25.2 Å². The highest BCUT2D eigenvalue weighted by atomic mass is 16.6. The van der Waals surface area contributed by atoms with E-state index in [0.717, 1.165) is 29.5 Å². The number of benzene rings is 2. The molecule has 0 bridgehead atoms. The Morgan fingerprint density at radius 3 is 2.09 bits per heavy atom. The second kappa shape index (κ2) is 19.4. The lowest BCUT2D eigenvalue weighted by Gasteiger charge is -2.19. The van der Waals surface area contributed by atoms with Gasteiger partial charge in [-0.05, 0) is 59.2 Å². The molecule has 0 spiro atoms. The van der Waals surface area contributed by atoms with Gasteiger partial charge >= 0.3 is 11.9 Å². The van der Waals surface area contributed by atoms with Crippen LogP contribution < -0.4 is 4.74 Å².